The summed E-state index contributed by atoms with van der Waals surface area (Å²) in [5.41, 5.74) is 0.427. The van der Waals surface area contributed by atoms with Gasteiger partial charge in [-0.1, -0.05) is 37.6 Å². The maximum absolute atomic E-state index is 13.6. The molecule has 0 saturated carbocycles. The fourth-order valence-electron chi connectivity index (χ4n) is 1.83. The molecule has 0 amide bonds. The number of rotatable bonds is 2. The Hall–Kier alpha value is -1.57. The van der Waals surface area contributed by atoms with Crippen LogP contribution in [0.25, 0.3) is 10.8 Å². The van der Waals surface area contributed by atoms with Crippen LogP contribution in [-0.2, 0) is 6.42 Å². The Labute approximate surface area is 88.2 Å². The van der Waals surface area contributed by atoms with Crippen molar-refractivity contribution < 1.29 is 9.50 Å². The molecule has 2 rings (SSSR count). The fraction of sp³-hybridized carbons (Fsp3) is 0.231. The van der Waals surface area contributed by atoms with Crippen LogP contribution >= 0.6 is 0 Å². The van der Waals surface area contributed by atoms with E-state index in [2.05, 4.69) is 0 Å². The van der Waals surface area contributed by atoms with Crippen LogP contribution in [0.15, 0.2) is 30.3 Å². The highest BCUT2D eigenvalue weighted by Gasteiger charge is 2.11. The van der Waals surface area contributed by atoms with Crippen LogP contribution in [-0.4, -0.2) is 5.11 Å². The highest BCUT2D eigenvalue weighted by atomic mass is 19.1. The van der Waals surface area contributed by atoms with Gasteiger partial charge in [-0.15, -0.1) is 0 Å². The summed E-state index contributed by atoms with van der Waals surface area (Å²) < 4.78 is 13.6. The summed E-state index contributed by atoms with van der Waals surface area (Å²) >= 11 is 0. The zero-order valence-corrected chi connectivity index (χ0v) is 8.63. The highest BCUT2D eigenvalue weighted by molar-refractivity contribution is 5.89. The van der Waals surface area contributed by atoms with E-state index in [-0.39, 0.29) is 11.6 Å². The van der Waals surface area contributed by atoms with Gasteiger partial charge in [0.1, 0.15) is 11.6 Å². The second kappa shape index (κ2) is 3.89. The minimum atomic E-state index is -0.312. The van der Waals surface area contributed by atoms with E-state index in [9.17, 15) is 9.50 Å². The number of benzene rings is 2. The van der Waals surface area contributed by atoms with Gasteiger partial charge in [-0.05, 0) is 17.9 Å². The van der Waals surface area contributed by atoms with Crippen molar-refractivity contribution in [3.8, 4) is 5.75 Å². The van der Waals surface area contributed by atoms with Gasteiger partial charge in [0.2, 0.25) is 0 Å². The van der Waals surface area contributed by atoms with Crippen LogP contribution in [0.3, 0.4) is 0 Å². The van der Waals surface area contributed by atoms with Crippen molar-refractivity contribution in [2.75, 3.05) is 0 Å². The summed E-state index contributed by atoms with van der Waals surface area (Å²) in [6, 6.07) is 8.77. The molecule has 78 valence electrons. The molecule has 0 unspecified atom stereocenters. The number of phenolic OH excluding ortho intramolecular Hbond substituents is 1. The molecule has 0 heterocycles. The first kappa shape index (κ1) is 9.97. The lowest BCUT2D eigenvalue weighted by Gasteiger charge is -2.08. The summed E-state index contributed by atoms with van der Waals surface area (Å²) in [7, 11) is 0. The molecule has 1 nitrogen and oxygen atoms in total. The lowest BCUT2D eigenvalue weighted by atomic mass is 10.0. The van der Waals surface area contributed by atoms with Gasteiger partial charge in [0, 0.05) is 10.9 Å². The van der Waals surface area contributed by atoms with Crippen molar-refractivity contribution in [1.82, 2.24) is 0 Å². The van der Waals surface area contributed by atoms with Gasteiger partial charge in [-0.3, -0.25) is 0 Å². The van der Waals surface area contributed by atoms with Crippen LogP contribution in [0.2, 0.25) is 0 Å². The third-order valence-corrected chi connectivity index (χ3v) is 2.57. The molecule has 0 aliphatic carbocycles. The predicted octanol–water partition coefficient (Wildman–Crippen LogP) is 3.64. The second-order valence-corrected chi connectivity index (χ2v) is 3.66. The largest absolute Gasteiger partial charge is 0.507 e. The molecular formula is C13H13FO. The van der Waals surface area contributed by atoms with E-state index >= 15 is 0 Å². The standard InChI is InChI=1S/C13H13FO/c1-2-5-11-12(14)8-9-6-3-4-7-10(9)13(11)15/h3-4,6-8,15H,2,5H2,1H3. The Bertz CT molecular complexity index is 491. The SMILES string of the molecule is CCCc1c(F)cc2ccccc2c1O. The monoisotopic (exact) mass is 204 g/mol. The molecule has 2 aromatic carbocycles. The Morgan fingerprint density at radius 3 is 2.73 bits per heavy atom. The van der Waals surface area contributed by atoms with Crippen LogP contribution in [0.4, 0.5) is 4.39 Å². The zero-order valence-electron chi connectivity index (χ0n) is 8.63. The topological polar surface area (TPSA) is 20.2 Å². The van der Waals surface area contributed by atoms with Gasteiger partial charge in [0.25, 0.3) is 0 Å². The van der Waals surface area contributed by atoms with Crippen molar-refractivity contribution in [2.24, 2.45) is 0 Å². The molecule has 1 N–H and O–H groups in total. The summed E-state index contributed by atoms with van der Waals surface area (Å²) in [6.07, 6.45) is 1.39. The summed E-state index contributed by atoms with van der Waals surface area (Å²) in [5.74, 6) is -0.222. The number of phenols is 1. The number of hydrogen-bond donors (Lipinski definition) is 1. The second-order valence-electron chi connectivity index (χ2n) is 3.66. The van der Waals surface area contributed by atoms with Crippen molar-refractivity contribution in [3.05, 3.63) is 41.7 Å². The van der Waals surface area contributed by atoms with E-state index in [1.807, 2.05) is 25.1 Å². The Morgan fingerprint density at radius 2 is 2.00 bits per heavy atom. The minimum Gasteiger partial charge on any atom is -0.507 e. The zero-order chi connectivity index (χ0) is 10.8. The van der Waals surface area contributed by atoms with Crippen molar-refractivity contribution in [3.63, 3.8) is 0 Å². The number of fused-ring (bicyclic) bond motifs is 1. The summed E-state index contributed by atoms with van der Waals surface area (Å²) in [6.45, 7) is 1.97. The quantitative estimate of drug-likeness (QED) is 0.791. The molecule has 15 heavy (non-hydrogen) atoms. The van der Waals surface area contributed by atoms with Gasteiger partial charge in [-0.2, -0.15) is 0 Å². The molecule has 2 aromatic rings. The minimum absolute atomic E-state index is 0.0902. The highest BCUT2D eigenvalue weighted by Crippen LogP contribution is 2.31. The molecule has 0 aliphatic heterocycles. The van der Waals surface area contributed by atoms with Gasteiger partial charge in [-0.25, -0.2) is 4.39 Å². The Balaban J connectivity index is 2.72. The maximum Gasteiger partial charge on any atom is 0.130 e. The molecule has 0 aliphatic rings. The van der Waals surface area contributed by atoms with Gasteiger partial charge in [0.05, 0.1) is 0 Å². The average Bonchev–Trinajstić information content (AvgIpc) is 2.24. The first-order valence-electron chi connectivity index (χ1n) is 5.13. The third kappa shape index (κ3) is 1.67. The lowest BCUT2D eigenvalue weighted by Crippen LogP contribution is -1.91. The van der Waals surface area contributed by atoms with Gasteiger partial charge in [0.15, 0.2) is 0 Å². The molecular weight excluding hydrogens is 191 g/mol. The van der Waals surface area contributed by atoms with E-state index in [0.29, 0.717) is 12.0 Å². The first-order valence-corrected chi connectivity index (χ1v) is 5.13. The van der Waals surface area contributed by atoms with E-state index in [0.717, 1.165) is 17.2 Å². The maximum atomic E-state index is 13.6. The average molecular weight is 204 g/mol. The van der Waals surface area contributed by atoms with E-state index in [4.69, 9.17) is 0 Å². The van der Waals surface area contributed by atoms with Crippen LogP contribution in [0.5, 0.6) is 5.75 Å². The summed E-state index contributed by atoms with van der Waals surface area (Å²) in [4.78, 5) is 0. The molecule has 0 aromatic heterocycles. The molecule has 0 atom stereocenters. The molecule has 0 radical (unpaired) electrons. The van der Waals surface area contributed by atoms with E-state index < -0.39 is 0 Å². The van der Waals surface area contributed by atoms with Crippen LogP contribution in [0, 0.1) is 5.82 Å². The predicted molar refractivity (Wildman–Crippen MR) is 59.6 cm³/mol. The van der Waals surface area contributed by atoms with Crippen molar-refractivity contribution in [2.45, 2.75) is 19.8 Å². The molecule has 2 heteroatoms. The Morgan fingerprint density at radius 1 is 1.27 bits per heavy atom. The van der Waals surface area contributed by atoms with Crippen molar-refractivity contribution >= 4 is 10.8 Å². The van der Waals surface area contributed by atoms with Crippen LogP contribution < -0.4 is 0 Å². The number of aromatic hydroxyl groups is 1. The smallest absolute Gasteiger partial charge is 0.130 e. The third-order valence-electron chi connectivity index (χ3n) is 2.57. The van der Waals surface area contributed by atoms with Crippen molar-refractivity contribution in [1.29, 1.82) is 0 Å². The molecule has 0 spiro atoms. The van der Waals surface area contributed by atoms with Crippen LogP contribution in [0.1, 0.15) is 18.9 Å². The Kier molecular flexibility index (Phi) is 2.58. The molecule has 0 saturated heterocycles. The lowest BCUT2D eigenvalue weighted by molar-refractivity contribution is 0.465. The van der Waals surface area contributed by atoms with Gasteiger partial charge < -0.3 is 5.11 Å². The molecule has 0 bridgehead atoms. The first-order chi connectivity index (χ1) is 7.24. The van der Waals surface area contributed by atoms with E-state index in [1.54, 1.807) is 6.07 Å². The molecule has 0 fully saturated rings. The van der Waals surface area contributed by atoms with E-state index in [1.165, 1.54) is 6.07 Å². The number of halogens is 1. The number of hydrogen-bond acceptors (Lipinski definition) is 1. The van der Waals surface area contributed by atoms with Gasteiger partial charge >= 0.3 is 0 Å². The normalized spacial score (nSPS) is 10.8. The fourth-order valence-corrected chi connectivity index (χ4v) is 1.83. The summed E-state index contributed by atoms with van der Waals surface area (Å²) in [5, 5.41) is 11.4.